The third kappa shape index (κ3) is 2.94. The van der Waals surface area contributed by atoms with Crippen molar-refractivity contribution in [3.8, 4) is 16.9 Å². The lowest BCUT2D eigenvalue weighted by Crippen LogP contribution is -2.27. The Morgan fingerprint density at radius 3 is 2.26 bits per heavy atom. The number of hydrogen-bond acceptors (Lipinski definition) is 4. The van der Waals surface area contributed by atoms with E-state index in [0.29, 0.717) is 11.3 Å². The topological polar surface area (TPSA) is 64.8 Å². The molecule has 0 atom stereocenters. The van der Waals surface area contributed by atoms with E-state index in [9.17, 15) is 9.59 Å². The van der Waals surface area contributed by atoms with Gasteiger partial charge in [-0.2, -0.15) is 4.68 Å². The minimum atomic E-state index is -0.356. The zero-order chi connectivity index (χ0) is 16.4. The van der Waals surface area contributed by atoms with Gasteiger partial charge in [0, 0.05) is 12.5 Å². The zero-order valence-corrected chi connectivity index (χ0v) is 12.9. The Morgan fingerprint density at radius 2 is 1.65 bits per heavy atom. The van der Waals surface area contributed by atoms with Crippen molar-refractivity contribution < 1.29 is 4.79 Å². The number of aromatic nitrogens is 3. The Labute approximate surface area is 133 Å². The number of benzene rings is 2. The monoisotopic (exact) mass is 305 g/mol. The molecule has 2 aromatic carbocycles. The molecule has 0 bridgehead atoms. The molecule has 3 aromatic rings. The SMILES string of the molecule is CC(=O)c1nc(-c2ccccc2)c(=O)n(-c2ccc(C)cc2)n1. The van der Waals surface area contributed by atoms with Gasteiger partial charge in [0.1, 0.15) is 5.69 Å². The summed E-state index contributed by atoms with van der Waals surface area (Å²) in [5.41, 5.74) is 2.19. The van der Waals surface area contributed by atoms with Crippen LogP contribution in [0.15, 0.2) is 59.4 Å². The van der Waals surface area contributed by atoms with Gasteiger partial charge in [-0.25, -0.2) is 4.98 Å². The van der Waals surface area contributed by atoms with E-state index in [1.54, 1.807) is 24.3 Å². The summed E-state index contributed by atoms with van der Waals surface area (Å²) in [6.07, 6.45) is 0. The Balaban J connectivity index is 2.28. The molecule has 1 aromatic heterocycles. The van der Waals surface area contributed by atoms with E-state index in [4.69, 9.17) is 0 Å². The summed E-state index contributed by atoms with van der Waals surface area (Å²) < 4.78 is 1.23. The minimum Gasteiger partial charge on any atom is -0.291 e. The summed E-state index contributed by atoms with van der Waals surface area (Å²) in [6, 6.07) is 16.4. The fourth-order valence-electron chi connectivity index (χ4n) is 2.21. The second kappa shape index (κ2) is 5.96. The Bertz CT molecular complexity index is 913. The smallest absolute Gasteiger partial charge is 0.291 e. The molecule has 5 heteroatoms. The molecule has 0 saturated heterocycles. The molecule has 0 saturated carbocycles. The number of carbonyl (C=O) groups is 1. The van der Waals surface area contributed by atoms with Gasteiger partial charge >= 0.3 is 0 Å². The summed E-state index contributed by atoms with van der Waals surface area (Å²) in [4.78, 5) is 28.6. The van der Waals surface area contributed by atoms with Gasteiger partial charge in [-0.15, -0.1) is 5.10 Å². The highest BCUT2D eigenvalue weighted by atomic mass is 16.1. The first-order valence-electron chi connectivity index (χ1n) is 7.21. The number of carbonyl (C=O) groups excluding carboxylic acids is 1. The molecule has 1 heterocycles. The molecule has 0 fully saturated rings. The highest BCUT2D eigenvalue weighted by Crippen LogP contribution is 2.14. The van der Waals surface area contributed by atoms with Crippen LogP contribution in [0.3, 0.4) is 0 Å². The van der Waals surface area contributed by atoms with Crippen LogP contribution in [0.25, 0.3) is 16.9 Å². The molecular weight excluding hydrogens is 290 g/mol. The molecule has 0 spiro atoms. The van der Waals surface area contributed by atoms with E-state index >= 15 is 0 Å². The number of hydrogen-bond donors (Lipinski definition) is 0. The van der Waals surface area contributed by atoms with Crippen molar-refractivity contribution in [2.24, 2.45) is 0 Å². The third-order valence-corrected chi connectivity index (χ3v) is 3.45. The van der Waals surface area contributed by atoms with Gasteiger partial charge in [0.05, 0.1) is 5.69 Å². The van der Waals surface area contributed by atoms with Crippen LogP contribution in [-0.2, 0) is 0 Å². The largest absolute Gasteiger partial charge is 0.298 e. The van der Waals surface area contributed by atoms with Crippen LogP contribution >= 0.6 is 0 Å². The molecule has 3 rings (SSSR count). The maximum atomic E-state index is 12.8. The van der Waals surface area contributed by atoms with Crippen molar-refractivity contribution in [2.75, 3.05) is 0 Å². The fourth-order valence-corrected chi connectivity index (χ4v) is 2.21. The average molecular weight is 305 g/mol. The number of aryl methyl sites for hydroxylation is 1. The highest BCUT2D eigenvalue weighted by Gasteiger charge is 2.15. The van der Waals surface area contributed by atoms with Crippen LogP contribution in [0.2, 0.25) is 0 Å². The minimum absolute atomic E-state index is 0.0176. The maximum Gasteiger partial charge on any atom is 0.298 e. The van der Waals surface area contributed by atoms with Crippen LogP contribution in [-0.4, -0.2) is 20.5 Å². The van der Waals surface area contributed by atoms with E-state index in [2.05, 4.69) is 10.1 Å². The predicted molar refractivity (Wildman–Crippen MR) is 87.8 cm³/mol. The van der Waals surface area contributed by atoms with E-state index in [1.807, 2.05) is 37.3 Å². The summed E-state index contributed by atoms with van der Waals surface area (Å²) in [6.45, 7) is 3.34. The zero-order valence-electron chi connectivity index (χ0n) is 12.9. The average Bonchev–Trinajstić information content (AvgIpc) is 2.56. The molecule has 23 heavy (non-hydrogen) atoms. The molecule has 0 radical (unpaired) electrons. The van der Waals surface area contributed by atoms with Crippen LogP contribution in [0, 0.1) is 6.92 Å². The highest BCUT2D eigenvalue weighted by molar-refractivity contribution is 5.90. The van der Waals surface area contributed by atoms with Gasteiger partial charge in [-0.05, 0) is 19.1 Å². The van der Waals surface area contributed by atoms with Crippen LogP contribution in [0.5, 0.6) is 0 Å². The van der Waals surface area contributed by atoms with Gasteiger partial charge in [0.15, 0.2) is 5.78 Å². The van der Waals surface area contributed by atoms with Gasteiger partial charge in [-0.3, -0.25) is 9.59 Å². The number of rotatable bonds is 3. The molecule has 0 unspecified atom stereocenters. The van der Waals surface area contributed by atoms with Crippen molar-refractivity contribution >= 4 is 5.78 Å². The van der Waals surface area contributed by atoms with Crippen molar-refractivity contribution in [3.63, 3.8) is 0 Å². The first kappa shape index (κ1) is 14.8. The normalized spacial score (nSPS) is 10.5. The first-order valence-corrected chi connectivity index (χ1v) is 7.21. The number of ketones is 1. The second-order valence-corrected chi connectivity index (χ2v) is 5.26. The number of Topliss-reactive ketones (excluding diaryl/α,β-unsaturated/α-hetero) is 1. The third-order valence-electron chi connectivity index (χ3n) is 3.45. The lowest BCUT2D eigenvalue weighted by molar-refractivity contribution is 0.100. The van der Waals surface area contributed by atoms with E-state index in [1.165, 1.54) is 11.6 Å². The first-order chi connectivity index (χ1) is 11.1. The Hall–Kier alpha value is -3.08. The van der Waals surface area contributed by atoms with Crippen LogP contribution < -0.4 is 5.56 Å². The van der Waals surface area contributed by atoms with E-state index in [0.717, 1.165) is 5.56 Å². The molecule has 0 aliphatic heterocycles. The fraction of sp³-hybridized carbons (Fsp3) is 0.111. The summed E-state index contributed by atoms with van der Waals surface area (Å²) >= 11 is 0. The molecule has 0 aliphatic rings. The van der Waals surface area contributed by atoms with Gasteiger partial charge in [-0.1, -0.05) is 48.0 Å². The predicted octanol–water partition coefficient (Wildman–Crippen LogP) is 2.81. The Morgan fingerprint density at radius 1 is 1.00 bits per heavy atom. The van der Waals surface area contributed by atoms with Gasteiger partial charge in [0.2, 0.25) is 5.82 Å². The van der Waals surface area contributed by atoms with Crippen molar-refractivity contribution in [1.29, 1.82) is 0 Å². The Kier molecular flexibility index (Phi) is 3.85. The quantitative estimate of drug-likeness (QED) is 0.698. The van der Waals surface area contributed by atoms with Crippen LogP contribution in [0.1, 0.15) is 23.1 Å². The molecule has 114 valence electrons. The molecule has 0 N–H and O–H groups in total. The van der Waals surface area contributed by atoms with Crippen molar-refractivity contribution in [3.05, 3.63) is 76.3 Å². The molecule has 5 nitrogen and oxygen atoms in total. The summed E-state index contributed by atoms with van der Waals surface area (Å²) in [5.74, 6) is -0.271. The van der Waals surface area contributed by atoms with E-state index in [-0.39, 0.29) is 22.9 Å². The van der Waals surface area contributed by atoms with Gasteiger partial charge in [0.25, 0.3) is 5.56 Å². The lowest BCUT2D eigenvalue weighted by atomic mass is 10.1. The van der Waals surface area contributed by atoms with Crippen LogP contribution in [0.4, 0.5) is 0 Å². The maximum absolute atomic E-state index is 12.8. The second-order valence-electron chi connectivity index (χ2n) is 5.26. The van der Waals surface area contributed by atoms with E-state index < -0.39 is 0 Å². The summed E-state index contributed by atoms with van der Waals surface area (Å²) in [5, 5.41) is 4.10. The number of nitrogens with zero attached hydrogens (tertiary/aromatic N) is 3. The molecule has 0 aliphatic carbocycles. The summed E-state index contributed by atoms with van der Waals surface area (Å²) in [7, 11) is 0. The molecule has 0 amide bonds. The van der Waals surface area contributed by atoms with Crippen molar-refractivity contribution in [2.45, 2.75) is 13.8 Å². The standard InChI is InChI=1S/C18H15N3O2/c1-12-8-10-15(11-9-12)21-18(23)16(14-6-4-3-5-7-14)19-17(20-21)13(2)22/h3-11H,1-2H3. The van der Waals surface area contributed by atoms with Gasteiger partial charge < -0.3 is 0 Å². The van der Waals surface area contributed by atoms with Crippen molar-refractivity contribution in [1.82, 2.24) is 14.8 Å². The molecular formula is C18H15N3O2. The lowest BCUT2D eigenvalue weighted by Gasteiger charge is -2.09.